The van der Waals surface area contributed by atoms with E-state index in [4.69, 9.17) is 17.0 Å². The molecule has 104 valence electrons. The molecule has 0 radical (unpaired) electrons. The molecule has 1 heterocycles. The molecular formula is C16H18N2OS. The molecule has 3 rings (SSSR count). The van der Waals surface area contributed by atoms with Gasteiger partial charge in [0.05, 0.1) is 0 Å². The number of rotatable bonds is 5. The van der Waals surface area contributed by atoms with Crippen LogP contribution in [0, 0.1) is 4.64 Å². The second-order valence-electron chi connectivity index (χ2n) is 5.08. The lowest BCUT2D eigenvalue weighted by atomic mass is 10.1. The summed E-state index contributed by atoms with van der Waals surface area (Å²) in [6.07, 6.45) is 2.29. The Morgan fingerprint density at radius 1 is 1.35 bits per heavy atom. The summed E-state index contributed by atoms with van der Waals surface area (Å²) in [7, 11) is 0. The van der Waals surface area contributed by atoms with Crippen molar-refractivity contribution in [2.45, 2.75) is 31.8 Å². The maximum atomic E-state index is 5.88. The number of nitrogens with zero attached hydrogens (tertiary/aromatic N) is 1. The maximum Gasteiger partial charge on any atom is 0.141 e. The molecule has 1 aromatic carbocycles. The van der Waals surface area contributed by atoms with E-state index in [0.717, 1.165) is 11.4 Å². The van der Waals surface area contributed by atoms with Crippen LogP contribution in [-0.4, -0.2) is 16.6 Å². The van der Waals surface area contributed by atoms with E-state index in [-0.39, 0.29) is 6.10 Å². The van der Waals surface area contributed by atoms with Gasteiger partial charge < -0.3 is 9.72 Å². The Morgan fingerprint density at radius 2 is 2.10 bits per heavy atom. The molecule has 0 spiro atoms. The van der Waals surface area contributed by atoms with Crippen molar-refractivity contribution in [3.8, 4) is 0 Å². The topological polar surface area (TPSA) is 37.9 Å². The van der Waals surface area contributed by atoms with Crippen molar-refractivity contribution in [3.05, 3.63) is 58.1 Å². The van der Waals surface area contributed by atoms with Crippen LogP contribution in [0.3, 0.4) is 0 Å². The van der Waals surface area contributed by atoms with Crippen LogP contribution in [0.15, 0.2) is 36.4 Å². The van der Waals surface area contributed by atoms with Crippen LogP contribution in [0.25, 0.3) is 0 Å². The summed E-state index contributed by atoms with van der Waals surface area (Å²) in [6, 6.07) is 12.1. The fourth-order valence-electron chi connectivity index (χ4n) is 2.36. The zero-order chi connectivity index (χ0) is 13.9. The molecule has 1 aliphatic rings. The lowest BCUT2D eigenvalue weighted by Gasteiger charge is -2.17. The van der Waals surface area contributed by atoms with Crippen LogP contribution in [0.2, 0.25) is 0 Å². The van der Waals surface area contributed by atoms with Gasteiger partial charge in [-0.05, 0) is 37.3 Å². The number of ether oxygens (including phenoxy) is 1. The van der Waals surface area contributed by atoms with Gasteiger partial charge in [-0.15, -0.1) is 0 Å². The highest BCUT2D eigenvalue weighted by molar-refractivity contribution is 7.71. The molecule has 1 unspecified atom stereocenters. The first-order chi connectivity index (χ1) is 9.78. The molecule has 0 saturated heterocycles. The van der Waals surface area contributed by atoms with Crippen LogP contribution in [0.1, 0.15) is 48.9 Å². The smallest absolute Gasteiger partial charge is 0.141 e. The Morgan fingerprint density at radius 3 is 2.75 bits per heavy atom. The van der Waals surface area contributed by atoms with Crippen LogP contribution in [0.5, 0.6) is 0 Å². The molecule has 0 aliphatic heterocycles. The summed E-state index contributed by atoms with van der Waals surface area (Å²) in [5.41, 5.74) is 2.29. The number of aromatic nitrogens is 2. The van der Waals surface area contributed by atoms with Crippen molar-refractivity contribution in [1.82, 2.24) is 9.97 Å². The standard InChI is InChI=1S/C16H18N2OS/c1-2-19-15(12-6-4-3-5-7-12)16-17-13(11-8-9-11)10-14(20)18-16/h3-7,10-11,15H,2,8-9H2,1H3,(H,17,18,20). The largest absolute Gasteiger partial charge is 0.366 e. The minimum absolute atomic E-state index is 0.179. The molecule has 1 N–H and O–H groups in total. The molecule has 4 heteroatoms. The van der Waals surface area contributed by atoms with Gasteiger partial charge in [0.25, 0.3) is 0 Å². The van der Waals surface area contributed by atoms with E-state index in [2.05, 4.69) is 22.1 Å². The van der Waals surface area contributed by atoms with Gasteiger partial charge in [0.1, 0.15) is 16.6 Å². The Kier molecular flexibility index (Phi) is 3.94. The molecule has 1 aliphatic carbocycles. The van der Waals surface area contributed by atoms with Crippen molar-refractivity contribution in [1.29, 1.82) is 0 Å². The highest BCUT2D eigenvalue weighted by atomic mass is 32.1. The predicted molar refractivity (Wildman–Crippen MR) is 81.3 cm³/mol. The highest BCUT2D eigenvalue weighted by Crippen LogP contribution is 2.39. The molecule has 0 bridgehead atoms. The van der Waals surface area contributed by atoms with E-state index in [1.54, 1.807) is 0 Å². The third-order valence-corrected chi connectivity index (χ3v) is 3.69. The van der Waals surface area contributed by atoms with E-state index in [9.17, 15) is 0 Å². The first kappa shape index (κ1) is 13.5. The van der Waals surface area contributed by atoms with E-state index in [1.807, 2.05) is 31.2 Å². The molecular weight excluding hydrogens is 268 g/mol. The number of H-pyrrole nitrogens is 1. The van der Waals surface area contributed by atoms with Crippen molar-refractivity contribution in [2.24, 2.45) is 0 Å². The average molecular weight is 286 g/mol. The SMILES string of the molecule is CCOC(c1ccccc1)c1nc(=S)cc(C2CC2)[nH]1. The molecule has 1 atom stereocenters. The van der Waals surface area contributed by atoms with Crippen LogP contribution >= 0.6 is 12.2 Å². The summed E-state index contributed by atoms with van der Waals surface area (Å²) < 4.78 is 6.52. The van der Waals surface area contributed by atoms with Gasteiger partial charge in [0.15, 0.2) is 0 Å². The number of benzene rings is 1. The summed E-state index contributed by atoms with van der Waals surface area (Å²) in [6.45, 7) is 2.63. The van der Waals surface area contributed by atoms with Gasteiger partial charge in [-0.3, -0.25) is 0 Å². The normalized spacial score (nSPS) is 16.1. The summed E-state index contributed by atoms with van der Waals surface area (Å²) in [5, 5.41) is 0. The maximum absolute atomic E-state index is 5.88. The highest BCUT2D eigenvalue weighted by Gasteiger charge is 2.26. The predicted octanol–water partition coefficient (Wildman–Crippen LogP) is 4.14. The summed E-state index contributed by atoms with van der Waals surface area (Å²) in [5.74, 6) is 1.43. The van der Waals surface area contributed by atoms with Crippen LogP contribution < -0.4 is 0 Å². The zero-order valence-electron chi connectivity index (χ0n) is 11.5. The lowest BCUT2D eigenvalue weighted by Crippen LogP contribution is -2.11. The monoisotopic (exact) mass is 286 g/mol. The third-order valence-electron chi connectivity index (χ3n) is 3.48. The fraction of sp³-hybridized carbons (Fsp3) is 0.375. The zero-order valence-corrected chi connectivity index (χ0v) is 12.3. The van der Waals surface area contributed by atoms with Crippen molar-refractivity contribution < 1.29 is 4.74 Å². The third kappa shape index (κ3) is 2.97. The van der Waals surface area contributed by atoms with Gasteiger partial charge in [0.2, 0.25) is 0 Å². The molecule has 1 saturated carbocycles. The first-order valence-electron chi connectivity index (χ1n) is 7.05. The van der Waals surface area contributed by atoms with Gasteiger partial charge in [0, 0.05) is 12.3 Å². The second-order valence-corrected chi connectivity index (χ2v) is 5.50. The number of hydrogen-bond acceptors (Lipinski definition) is 3. The Bertz CT molecular complexity index is 634. The first-order valence-corrected chi connectivity index (χ1v) is 7.46. The summed E-state index contributed by atoms with van der Waals surface area (Å²) in [4.78, 5) is 7.90. The minimum Gasteiger partial charge on any atom is -0.366 e. The molecule has 1 aromatic heterocycles. The Balaban J connectivity index is 2.00. The van der Waals surface area contributed by atoms with Gasteiger partial charge in [-0.25, -0.2) is 4.98 Å². The molecule has 1 fully saturated rings. The van der Waals surface area contributed by atoms with E-state index < -0.39 is 0 Å². The van der Waals surface area contributed by atoms with Crippen LogP contribution in [-0.2, 0) is 4.74 Å². The van der Waals surface area contributed by atoms with Crippen molar-refractivity contribution >= 4 is 12.2 Å². The number of aromatic amines is 1. The van der Waals surface area contributed by atoms with E-state index in [0.29, 0.717) is 17.2 Å². The minimum atomic E-state index is -0.179. The Hall–Kier alpha value is -1.52. The Labute approximate surface area is 124 Å². The van der Waals surface area contributed by atoms with Gasteiger partial charge >= 0.3 is 0 Å². The second kappa shape index (κ2) is 5.85. The van der Waals surface area contributed by atoms with Crippen LogP contribution in [0.4, 0.5) is 0 Å². The average Bonchev–Trinajstić information content (AvgIpc) is 3.29. The van der Waals surface area contributed by atoms with Crippen molar-refractivity contribution in [3.63, 3.8) is 0 Å². The number of nitrogens with one attached hydrogen (secondary N) is 1. The van der Waals surface area contributed by atoms with Crippen molar-refractivity contribution in [2.75, 3.05) is 6.61 Å². The lowest BCUT2D eigenvalue weighted by molar-refractivity contribution is 0.0848. The molecule has 20 heavy (non-hydrogen) atoms. The van der Waals surface area contributed by atoms with E-state index in [1.165, 1.54) is 18.5 Å². The quantitative estimate of drug-likeness (QED) is 0.839. The molecule has 0 amide bonds. The molecule has 2 aromatic rings. The van der Waals surface area contributed by atoms with E-state index >= 15 is 0 Å². The summed E-state index contributed by atoms with van der Waals surface area (Å²) >= 11 is 5.30. The molecule has 3 nitrogen and oxygen atoms in total. The van der Waals surface area contributed by atoms with Gasteiger partial charge in [-0.1, -0.05) is 42.5 Å². The van der Waals surface area contributed by atoms with Gasteiger partial charge in [-0.2, -0.15) is 0 Å². The number of hydrogen-bond donors (Lipinski definition) is 1. The fourth-order valence-corrected chi connectivity index (χ4v) is 2.59.